The van der Waals surface area contributed by atoms with Crippen LogP contribution in [0, 0.1) is 6.92 Å². The first-order chi connectivity index (χ1) is 11.4. The number of sulfonamides is 1. The summed E-state index contributed by atoms with van der Waals surface area (Å²) in [4.78, 5) is 4.60. The summed E-state index contributed by atoms with van der Waals surface area (Å²) in [5.74, 6) is 0. The molecule has 0 N–H and O–H groups in total. The number of aromatic nitrogens is 1. The van der Waals surface area contributed by atoms with Gasteiger partial charge in [0, 0.05) is 24.7 Å². The van der Waals surface area contributed by atoms with Crippen molar-refractivity contribution >= 4 is 20.9 Å². The quantitative estimate of drug-likeness (QED) is 0.723. The van der Waals surface area contributed by atoms with E-state index < -0.39 is 10.0 Å². The standard InChI is InChI=1S/C19H20N2O2S/c1-14-12-17-10-7-11-18(19(17)20-13-14)24(22,23)21(3)15(2)16-8-5-4-6-9-16/h4-13,15H,1-3H3/t15-/m1/s1. The Morgan fingerprint density at radius 2 is 1.75 bits per heavy atom. The summed E-state index contributed by atoms with van der Waals surface area (Å²) >= 11 is 0. The Balaban J connectivity index is 2.08. The fourth-order valence-corrected chi connectivity index (χ4v) is 4.27. The van der Waals surface area contributed by atoms with Crippen molar-refractivity contribution in [2.45, 2.75) is 24.8 Å². The molecule has 1 aromatic heterocycles. The van der Waals surface area contributed by atoms with Gasteiger partial charge in [0.25, 0.3) is 0 Å². The molecule has 1 heterocycles. The first kappa shape index (κ1) is 16.6. The maximum atomic E-state index is 13.1. The number of pyridine rings is 1. The highest BCUT2D eigenvalue weighted by Gasteiger charge is 2.28. The van der Waals surface area contributed by atoms with Crippen LogP contribution in [0.4, 0.5) is 0 Å². The summed E-state index contributed by atoms with van der Waals surface area (Å²) in [6.45, 7) is 3.83. The second kappa shape index (κ2) is 6.34. The minimum absolute atomic E-state index is 0.241. The van der Waals surface area contributed by atoms with E-state index in [0.717, 1.165) is 16.5 Å². The second-order valence-electron chi connectivity index (χ2n) is 5.95. The number of hydrogen-bond acceptors (Lipinski definition) is 3. The molecule has 0 radical (unpaired) electrons. The van der Waals surface area contributed by atoms with Gasteiger partial charge in [0.2, 0.25) is 10.0 Å². The average Bonchev–Trinajstić information content (AvgIpc) is 2.60. The molecule has 1 atom stereocenters. The predicted octanol–water partition coefficient (Wildman–Crippen LogP) is 3.92. The van der Waals surface area contributed by atoms with Crippen molar-refractivity contribution in [2.24, 2.45) is 0 Å². The molecule has 0 amide bonds. The fraction of sp³-hybridized carbons (Fsp3) is 0.211. The first-order valence-corrected chi connectivity index (χ1v) is 9.23. The summed E-state index contributed by atoms with van der Waals surface area (Å²) in [5, 5.41) is 0.830. The Morgan fingerprint density at radius 3 is 2.46 bits per heavy atom. The molecule has 3 aromatic rings. The van der Waals surface area contributed by atoms with E-state index in [-0.39, 0.29) is 10.9 Å². The molecule has 0 saturated carbocycles. The van der Waals surface area contributed by atoms with Gasteiger partial charge in [-0.1, -0.05) is 42.5 Å². The summed E-state index contributed by atoms with van der Waals surface area (Å²) in [6.07, 6.45) is 1.70. The molecule has 0 unspecified atom stereocenters. The van der Waals surface area contributed by atoms with Crippen LogP contribution in [0.2, 0.25) is 0 Å². The van der Waals surface area contributed by atoms with Crippen LogP contribution in [0.1, 0.15) is 24.1 Å². The molecular formula is C19H20N2O2S. The molecule has 0 saturated heterocycles. The predicted molar refractivity (Wildman–Crippen MR) is 96.3 cm³/mol. The van der Waals surface area contributed by atoms with Gasteiger partial charge >= 0.3 is 0 Å². The van der Waals surface area contributed by atoms with Crippen molar-refractivity contribution in [3.05, 3.63) is 71.9 Å². The topological polar surface area (TPSA) is 50.3 Å². The van der Waals surface area contributed by atoms with Gasteiger partial charge in [0.1, 0.15) is 4.90 Å². The van der Waals surface area contributed by atoms with Gasteiger partial charge in [-0.3, -0.25) is 4.98 Å². The van der Waals surface area contributed by atoms with E-state index in [1.165, 1.54) is 4.31 Å². The zero-order valence-corrected chi connectivity index (χ0v) is 14.8. The molecule has 2 aromatic carbocycles. The van der Waals surface area contributed by atoms with Crippen molar-refractivity contribution < 1.29 is 8.42 Å². The van der Waals surface area contributed by atoms with Gasteiger partial charge in [-0.25, -0.2) is 8.42 Å². The third-order valence-corrected chi connectivity index (χ3v) is 6.25. The minimum atomic E-state index is -3.65. The normalized spacial score (nSPS) is 13.3. The zero-order chi connectivity index (χ0) is 17.3. The van der Waals surface area contributed by atoms with Crippen molar-refractivity contribution in [1.29, 1.82) is 0 Å². The third-order valence-electron chi connectivity index (χ3n) is 4.30. The van der Waals surface area contributed by atoms with Crippen LogP contribution in [0.5, 0.6) is 0 Å². The SMILES string of the molecule is Cc1cnc2c(S(=O)(=O)N(C)[C@H](C)c3ccccc3)cccc2c1. The molecule has 0 bridgehead atoms. The molecule has 124 valence electrons. The Hall–Kier alpha value is -2.24. The summed E-state index contributed by atoms with van der Waals surface area (Å²) in [5.41, 5.74) is 2.46. The van der Waals surface area contributed by atoms with Crippen molar-refractivity contribution in [3.8, 4) is 0 Å². The first-order valence-electron chi connectivity index (χ1n) is 7.79. The van der Waals surface area contributed by atoms with E-state index in [4.69, 9.17) is 0 Å². The number of benzene rings is 2. The van der Waals surface area contributed by atoms with Gasteiger partial charge < -0.3 is 0 Å². The fourth-order valence-electron chi connectivity index (χ4n) is 2.76. The lowest BCUT2D eigenvalue weighted by molar-refractivity contribution is 0.399. The van der Waals surface area contributed by atoms with Crippen LogP contribution >= 0.6 is 0 Å². The molecule has 24 heavy (non-hydrogen) atoms. The number of nitrogens with zero attached hydrogens (tertiary/aromatic N) is 2. The van der Waals surface area contributed by atoms with E-state index in [9.17, 15) is 8.42 Å². The lowest BCUT2D eigenvalue weighted by Gasteiger charge is -2.25. The van der Waals surface area contributed by atoms with Crippen molar-refractivity contribution in [1.82, 2.24) is 9.29 Å². The minimum Gasteiger partial charge on any atom is -0.255 e. The van der Waals surface area contributed by atoms with E-state index >= 15 is 0 Å². The molecule has 0 fully saturated rings. The van der Waals surface area contributed by atoms with E-state index in [0.29, 0.717) is 5.52 Å². The van der Waals surface area contributed by atoms with Gasteiger partial charge in [-0.2, -0.15) is 4.31 Å². The number of hydrogen-bond donors (Lipinski definition) is 0. The van der Waals surface area contributed by atoms with Gasteiger partial charge in [-0.05, 0) is 37.1 Å². The van der Waals surface area contributed by atoms with Gasteiger partial charge in [-0.15, -0.1) is 0 Å². The highest BCUT2D eigenvalue weighted by molar-refractivity contribution is 7.89. The van der Waals surface area contributed by atoms with Crippen molar-refractivity contribution in [2.75, 3.05) is 7.05 Å². The van der Waals surface area contributed by atoms with E-state index in [1.807, 2.05) is 56.3 Å². The Bertz CT molecular complexity index is 969. The smallest absolute Gasteiger partial charge is 0.245 e. The third kappa shape index (κ3) is 2.92. The van der Waals surface area contributed by atoms with Gasteiger partial charge in [0.15, 0.2) is 0 Å². The number of para-hydroxylation sites is 1. The Labute approximate surface area is 142 Å². The molecular weight excluding hydrogens is 320 g/mol. The van der Waals surface area contributed by atoms with E-state index in [1.54, 1.807) is 25.4 Å². The Morgan fingerprint density at radius 1 is 1.04 bits per heavy atom. The molecule has 0 aliphatic rings. The Kier molecular flexibility index (Phi) is 4.39. The van der Waals surface area contributed by atoms with Gasteiger partial charge in [0.05, 0.1) is 5.52 Å². The molecule has 0 aliphatic carbocycles. The molecule has 0 aliphatic heterocycles. The monoisotopic (exact) mass is 340 g/mol. The molecule has 0 spiro atoms. The summed E-state index contributed by atoms with van der Waals surface area (Å²) < 4.78 is 27.7. The maximum Gasteiger partial charge on any atom is 0.245 e. The highest BCUT2D eigenvalue weighted by Crippen LogP contribution is 2.29. The molecule has 3 rings (SSSR count). The van der Waals surface area contributed by atoms with Crippen LogP contribution in [-0.2, 0) is 10.0 Å². The molecule has 5 heteroatoms. The number of rotatable bonds is 4. The largest absolute Gasteiger partial charge is 0.255 e. The summed E-state index contributed by atoms with van der Waals surface area (Å²) in [7, 11) is -2.04. The van der Waals surface area contributed by atoms with E-state index in [2.05, 4.69) is 4.98 Å². The van der Waals surface area contributed by atoms with Crippen molar-refractivity contribution in [3.63, 3.8) is 0 Å². The molecule has 4 nitrogen and oxygen atoms in total. The maximum absolute atomic E-state index is 13.1. The lowest BCUT2D eigenvalue weighted by Crippen LogP contribution is -2.30. The number of aryl methyl sites for hydroxylation is 1. The van der Waals surface area contributed by atoms with Crippen LogP contribution < -0.4 is 0 Å². The lowest BCUT2D eigenvalue weighted by atomic mass is 10.1. The van der Waals surface area contributed by atoms with Crippen LogP contribution in [0.3, 0.4) is 0 Å². The average molecular weight is 340 g/mol. The van der Waals surface area contributed by atoms with Crippen LogP contribution in [-0.4, -0.2) is 24.8 Å². The highest BCUT2D eigenvalue weighted by atomic mass is 32.2. The van der Waals surface area contributed by atoms with Crippen LogP contribution in [0.25, 0.3) is 10.9 Å². The second-order valence-corrected chi connectivity index (χ2v) is 7.91. The van der Waals surface area contributed by atoms with Crippen LogP contribution in [0.15, 0.2) is 65.7 Å². The zero-order valence-electron chi connectivity index (χ0n) is 14.0. The summed E-state index contributed by atoms with van der Waals surface area (Å²) in [6, 6.07) is 16.5. The number of fused-ring (bicyclic) bond motifs is 1.